The topological polar surface area (TPSA) is 94.1 Å². The van der Waals surface area contributed by atoms with Crippen LogP contribution in [-0.2, 0) is 21.4 Å². The van der Waals surface area contributed by atoms with E-state index in [9.17, 15) is 13.2 Å². The van der Waals surface area contributed by atoms with E-state index in [0.29, 0.717) is 45.0 Å². The van der Waals surface area contributed by atoms with E-state index in [4.69, 9.17) is 0 Å². The Bertz CT molecular complexity index is 784. The predicted octanol–water partition coefficient (Wildman–Crippen LogP) is 1.77. The smallest absolute Gasteiger partial charge is 0.227 e. The summed E-state index contributed by atoms with van der Waals surface area (Å²) in [6, 6.07) is 7.96. The number of amides is 1. The van der Waals surface area contributed by atoms with E-state index in [-0.39, 0.29) is 29.9 Å². The van der Waals surface area contributed by atoms with Gasteiger partial charge in [0.15, 0.2) is 5.96 Å². The molecule has 1 aromatic rings. The zero-order valence-electron chi connectivity index (χ0n) is 17.3. The second kappa shape index (κ2) is 12.3. The summed E-state index contributed by atoms with van der Waals surface area (Å²) >= 11 is 0. The lowest BCUT2D eigenvalue weighted by Crippen LogP contribution is -2.39. The van der Waals surface area contributed by atoms with E-state index in [1.165, 1.54) is 10.6 Å². The van der Waals surface area contributed by atoms with Crippen molar-refractivity contribution in [2.75, 3.05) is 44.4 Å². The molecule has 1 aliphatic heterocycles. The lowest BCUT2D eigenvalue weighted by atomic mass is 10.2. The highest BCUT2D eigenvalue weighted by molar-refractivity contribution is 14.0. The highest BCUT2D eigenvalue weighted by atomic mass is 127. The van der Waals surface area contributed by atoms with Gasteiger partial charge in [-0.05, 0) is 30.5 Å². The SMILES string of the molecule is CCN(CCCNC(=NC)NCc1ccc(N2CCCC2=O)cc1)S(C)(=O)=O.I. The van der Waals surface area contributed by atoms with E-state index >= 15 is 0 Å². The molecule has 0 saturated carbocycles. The quantitative estimate of drug-likeness (QED) is 0.217. The van der Waals surface area contributed by atoms with E-state index < -0.39 is 10.0 Å². The van der Waals surface area contributed by atoms with Gasteiger partial charge in [0.1, 0.15) is 0 Å². The van der Waals surface area contributed by atoms with Gasteiger partial charge in [-0.15, -0.1) is 24.0 Å². The Labute approximate surface area is 191 Å². The van der Waals surface area contributed by atoms with Crippen LogP contribution < -0.4 is 15.5 Å². The van der Waals surface area contributed by atoms with Crippen LogP contribution in [0.3, 0.4) is 0 Å². The average Bonchev–Trinajstić information content (AvgIpc) is 3.09. The average molecular weight is 537 g/mol. The maximum absolute atomic E-state index is 11.8. The number of rotatable bonds is 9. The molecular formula is C19H32IN5O3S. The van der Waals surface area contributed by atoms with Crippen LogP contribution in [0.5, 0.6) is 0 Å². The Hall–Kier alpha value is -1.40. The van der Waals surface area contributed by atoms with Crippen molar-refractivity contribution in [1.82, 2.24) is 14.9 Å². The zero-order chi connectivity index (χ0) is 20.6. The summed E-state index contributed by atoms with van der Waals surface area (Å²) in [5.41, 5.74) is 2.03. The van der Waals surface area contributed by atoms with Crippen LogP contribution in [0.2, 0.25) is 0 Å². The zero-order valence-corrected chi connectivity index (χ0v) is 20.5. The summed E-state index contributed by atoms with van der Waals surface area (Å²) in [5, 5.41) is 6.44. The minimum absolute atomic E-state index is 0. The van der Waals surface area contributed by atoms with Gasteiger partial charge in [-0.3, -0.25) is 9.79 Å². The van der Waals surface area contributed by atoms with E-state index in [1.54, 1.807) is 7.05 Å². The molecular weight excluding hydrogens is 505 g/mol. The number of hydrogen-bond acceptors (Lipinski definition) is 4. The first-order valence-corrected chi connectivity index (χ1v) is 11.5. The van der Waals surface area contributed by atoms with Gasteiger partial charge in [-0.1, -0.05) is 19.1 Å². The summed E-state index contributed by atoms with van der Waals surface area (Å²) in [4.78, 5) is 17.8. The predicted molar refractivity (Wildman–Crippen MR) is 128 cm³/mol. The molecule has 0 atom stereocenters. The Kier molecular flexibility index (Phi) is 10.9. The molecule has 0 unspecified atom stereocenters. The Balaban J connectivity index is 0.00000420. The molecule has 1 aliphatic rings. The van der Waals surface area contributed by atoms with Crippen molar-refractivity contribution in [3.8, 4) is 0 Å². The van der Waals surface area contributed by atoms with Gasteiger partial charge >= 0.3 is 0 Å². The van der Waals surface area contributed by atoms with Gasteiger partial charge in [0.25, 0.3) is 0 Å². The number of benzene rings is 1. The summed E-state index contributed by atoms with van der Waals surface area (Å²) in [7, 11) is -1.44. The number of carbonyl (C=O) groups excluding carboxylic acids is 1. The van der Waals surface area contributed by atoms with Gasteiger partial charge < -0.3 is 15.5 Å². The third-order valence-corrected chi connectivity index (χ3v) is 6.08. The summed E-state index contributed by atoms with van der Waals surface area (Å²) in [5.74, 6) is 0.856. The third-order valence-electron chi connectivity index (χ3n) is 4.70. The van der Waals surface area contributed by atoms with Gasteiger partial charge in [0, 0.05) is 51.9 Å². The standard InChI is InChI=1S/C19H31N5O3S.HI/c1-4-23(28(3,26)27)13-6-12-21-19(20-2)22-15-16-8-10-17(11-9-16)24-14-5-7-18(24)25;/h8-11H,4-7,12-15H2,1-3H3,(H2,20,21,22);1H. The minimum Gasteiger partial charge on any atom is -0.356 e. The lowest BCUT2D eigenvalue weighted by Gasteiger charge is -2.18. The fourth-order valence-electron chi connectivity index (χ4n) is 3.14. The molecule has 10 heteroatoms. The van der Waals surface area contributed by atoms with Gasteiger partial charge in [0.2, 0.25) is 15.9 Å². The van der Waals surface area contributed by atoms with Crippen molar-refractivity contribution >= 4 is 51.6 Å². The molecule has 1 fully saturated rings. The fourth-order valence-corrected chi connectivity index (χ4v) is 4.07. The third kappa shape index (κ3) is 8.09. The first-order chi connectivity index (χ1) is 13.3. The Morgan fingerprint density at radius 3 is 2.45 bits per heavy atom. The number of carbonyl (C=O) groups is 1. The molecule has 164 valence electrons. The van der Waals surface area contributed by atoms with Crippen molar-refractivity contribution in [3.63, 3.8) is 0 Å². The van der Waals surface area contributed by atoms with Crippen LogP contribution in [0.25, 0.3) is 0 Å². The van der Waals surface area contributed by atoms with Crippen molar-refractivity contribution in [2.45, 2.75) is 32.7 Å². The highest BCUT2D eigenvalue weighted by Crippen LogP contribution is 2.21. The van der Waals surface area contributed by atoms with Gasteiger partial charge in [-0.25, -0.2) is 12.7 Å². The van der Waals surface area contributed by atoms with Crippen LogP contribution in [0.1, 0.15) is 31.7 Å². The maximum atomic E-state index is 11.8. The first kappa shape index (κ1) is 25.6. The number of hydrogen-bond donors (Lipinski definition) is 2. The normalized spacial score (nSPS) is 14.8. The number of nitrogens with one attached hydrogen (secondary N) is 2. The number of aliphatic imine (C=N–C) groups is 1. The van der Waals surface area contributed by atoms with Crippen LogP contribution in [-0.4, -0.2) is 64.1 Å². The van der Waals surface area contributed by atoms with Crippen LogP contribution in [0, 0.1) is 0 Å². The molecule has 8 nitrogen and oxygen atoms in total. The molecule has 0 radical (unpaired) electrons. The number of halogens is 1. The molecule has 0 aromatic heterocycles. The lowest BCUT2D eigenvalue weighted by molar-refractivity contribution is -0.117. The van der Waals surface area contributed by atoms with Crippen LogP contribution in [0.15, 0.2) is 29.3 Å². The molecule has 1 heterocycles. The number of anilines is 1. The molecule has 0 spiro atoms. The van der Waals surface area contributed by atoms with E-state index in [1.807, 2.05) is 36.1 Å². The summed E-state index contributed by atoms with van der Waals surface area (Å²) in [6.45, 7) is 4.82. The second-order valence-corrected chi connectivity index (χ2v) is 8.76. The second-order valence-electron chi connectivity index (χ2n) is 6.78. The monoisotopic (exact) mass is 537 g/mol. The fraction of sp³-hybridized carbons (Fsp3) is 0.579. The maximum Gasteiger partial charge on any atom is 0.227 e. The van der Waals surface area contributed by atoms with Crippen LogP contribution >= 0.6 is 24.0 Å². The summed E-state index contributed by atoms with van der Waals surface area (Å²) < 4.78 is 24.6. The molecule has 1 aromatic carbocycles. The van der Waals surface area contributed by atoms with Crippen LogP contribution in [0.4, 0.5) is 5.69 Å². The van der Waals surface area contributed by atoms with Gasteiger partial charge in [0.05, 0.1) is 6.26 Å². The van der Waals surface area contributed by atoms with E-state index in [0.717, 1.165) is 24.2 Å². The minimum atomic E-state index is -3.15. The van der Waals surface area contributed by atoms with Crippen molar-refractivity contribution in [2.24, 2.45) is 4.99 Å². The number of sulfonamides is 1. The largest absolute Gasteiger partial charge is 0.356 e. The molecule has 2 rings (SSSR count). The van der Waals surface area contributed by atoms with E-state index in [2.05, 4.69) is 15.6 Å². The van der Waals surface area contributed by atoms with Crippen molar-refractivity contribution in [1.29, 1.82) is 0 Å². The Morgan fingerprint density at radius 1 is 1.24 bits per heavy atom. The first-order valence-electron chi connectivity index (χ1n) is 9.64. The highest BCUT2D eigenvalue weighted by Gasteiger charge is 2.21. The molecule has 1 saturated heterocycles. The molecule has 0 bridgehead atoms. The molecule has 1 amide bonds. The van der Waals surface area contributed by atoms with Gasteiger partial charge in [-0.2, -0.15) is 0 Å². The molecule has 29 heavy (non-hydrogen) atoms. The van der Waals surface area contributed by atoms with Crippen molar-refractivity contribution < 1.29 is 13.2 Å². The molecule has 2 N–H and O–H groups in total. The number of nitrogens with zero attached hydrogens (tertiary/aromatic N) is 3. The Morgan fingerprint density at radius 2 is 1.93 bits per heavy atom. The van der Waals surface area contributed by atoms with Crippen molar-refractivity contribution in [3.05, 3.63) is 29.8 Å². The molecule has 0 aliphatic carbocycles. The summed E-state index contributed by atoms with van der Waals surface area (Å²) in [6.07, 6.45) is 3.48. The number of guanidine groups is 1.